The molecular formula is C11H11ClO3. The molecule has 0 spiro atoms. The second-order valence-electron chi connectivity index (χ2n) is 3.09. The van der Waals surface area contributed by atoms with Crippen molar-refractivity contribution in [1.82, 2.24) is 0 Å². The molecule has 3 nitrogen and oxygen atoms in total. The van der Waals surface area contributed by atoms with E-state index in [1.54, 1.807) is 24.3 Å². The van der Waals surface area contributed by atoms with E-state index in [9.17, 15) is 9.59 Å². The molecule has 0 bridgehead atoms. The second kappa shape index (κ2) is 5.51. The summed E-state index contributed by atoms with van der Waals surface area (Å²) in [5.41, 5.74) is 0.433. The Bertz CT molecular complexity index is 357. The predicted molar refractivity (Wildman–Crippen MR) is 57.0 cm³/mol. The minimum atomic E-state index is -0.437. The van der Waals surface area contributed by atoms with Gasteiger partial charge in [0, 0.05) is 11.4 Å². The summed E-state index contributed by atoms with van der Waals surface area (Å²) in [6.45, 7) is 1.58. The van der Waals surface area contributed by atoms with E-state index in [1.165, 1.54) is 6.92 Å². The first kappa shape index (κ1) is 11.7. The Morgan fingerprint density at radius 1 is 1.27 bits per heavy atom. The van der Waals surface area contributed by atoms with Crippen molar-refractivity contribution >= 4 is 23.4 Å². The lowest BCUT2D eigenvalue weighted by atomic mass is 10.2. The first-order valence-corrected chi connectivity index (χ1v) is 4.89. The van der Waals surface area contributed by atoms with Crippen molar-refractivity contribution in [3.63, 3.8) is 0 Å². The van der Waals surface area contributed by atoms with E-state index in [4.69, 9.17) is 16.3 Å². The molecule has 15 heavy (non-hydrogen) atoms. The van der Waals surface area contributed by atoms with Gasteiger partial charge in [0.1, 0.15) is 5.78 Å². The van der Waals surface area contributed by atoms with Gasteiger partial charge in [0.2, 0.25) is 0 Å². The SMILES string of the molecule is CC(=O)CCOC(=O)c1ccc(Cl)cc1. The van der Waals surface area contributed by atoms with E-state index in [1.807, 2.05) is 0 Å². The van der Waals surface area contributed by atoms with Crippen LogP contribution >= 0.6 is 11.6 Å². The molecule has 0 atom stereocenters. The third kappa shape index (κ3) is 4.13. The number of benzene rings is 1. The zero-order valence-corrected chi connectivity index (χ0v) is 9.08. The van der Waals surface area contributed by atoms with Crippen LogP contribution in [0.5, 0.6) is 0 Å². The van der Waals surface area contributed by atoms with Crippen molar-refractivity contribution in [3.05, 3.63) is 34.9 Å². The number of ether oxygens (including phenoxy) is 1. The van der Waals surface area contributed by atoms with Crippen LogP contribution < -0.4 is 0 Å². The minimum Gasteiger partial charge on any atom is -0.462 e. The molecule has 0 N–H and O–H groups in total. The molecule has 0 unspecified atom stereocenters. The van der Waals surface area contributed by atoms with E-state index in [-0.39, 0.29) is 18.8 Å². The number of carbonyl (C=O) groups is 2. The maximum Gasteiger partial charge on any atom is 0.338 e. The lowest BCUT2D eigenvalue weighted by Gasteiger charge is -2.02. The lowest BCUT2D eigenvalue weighted by molar-refractivity contribution is -0.117. The van der Waals surface area contributed by atoms with Crippen LogP contribution in [0.4, 0.5) is 0 Å². The summed E-state index contributed by atoms with van der Waals surface area (Å²) >= 11 is 5.67. The molecule has 80 valence electrons. The summed E-state index contributed by atoms with van der Waals surface area (Å²) in [7, 11) is 0. The van der Waals surface area contributed by atoms with Crippen molar-refractivity contribution in [3.8, 4) is 0 Å². The van der Waals surface area contributed by atoms with Crippen LogP contribution in [0.2, 0.25) is 5.02 Å². The molecule has 0 saturated carbocycles. The van der Waals surface area contributed by atoms with Gasteiger partial charge in [-0.2, -0.15) is 0 Å². The van der Waals surface area contributed by atoms with Gasteiger partial charge in [-0.3, -0.25) is 4.79 Å². The summed E-state index contributed by atoms with van der Waals surface area (Å²) < 4.78 is 4.88. The smallest absolute Gasteiger partial charge is 0.338 e. The first-order chi connectivity index (χ1) is 7.09. The van der Waals surface area contributed by atoms with E-state index in [0.29, 0.717) is 10.6 Å². The van der Waals surface area contributed by atoms with Crippen LogP contribution in [0.1, 0.15) is 23.7 Å². The predicted octanol–water partition coefficient (Wildman–Crippen LogP) is 2.48. The van der Waals surface area contributed by atoms with Crippen LogP contribution in [0.25, 0.3) is 0 Å². The van der Waals surface area contributed by atoms with Gasteiger partial charge in [-0.15, -0.1) is 0 Å². The van der Waals surface area contributed by atoms with Crippen molar-refractivity contribution in [2.24, 2.45) is 0 Å². The van der Waals surface area contributed by atoms with Gasteiger partial charge in [-0.05, 0) is 31.2 Å². The van der Waals surface area contributed by atoms with Gasteiger partial charge in [-0.25, -0.2) is 4.79 Å². The number of hydrogen-bond acceptors (Lipinski definition) is 3. The van der Waals surface area contributed by atoms with E-state index < -0.39 is 5.97 Å². The highest BCUT2D eigenvalue weighted by Crippen LogP contribution is 2.10. The number of rotatable bonds is 4. The highest BCUT2D eigenvalue weighted by atomic mass is 35.5. The maximum absolute atomic E-state index is 11.4. The Labute approximate surface area is 93.0 Å². The highest BCUT2D eigenvalue weighted by molar-refractivity contribution is 6.30. The third-order valence-electron chi connectivity index (χ3n) is 1.77. The summed E-state index contributed by atoms with van der Waals surface area (Å²) in [5.74, 6) is -0.438. The van der Waals surface area contributed by atoms with Crippen molar-refractivity contribution in [2.75, 3.05) is 6.61 Å². The van der Waals surface area contributed by atoms with Crippen LogP contribution in [0.3, 0.4) is 0 Å². The van der Waals surface area contributed by atoms with Gasteiger partial charge in [0.25, 0.3) is 0 Å². The summed E-state index contributed by atoms with van der Waals surface area (Å²) in [6, 6.07) is 6.39. The van der Waals surface area contributed by atoms with Crippen molar-refractivity contribution < 1.29 is 14.3 Å². The molecule has 0 aliphatic rings. The Morgan fingerprint density at radius 2 is 1.87 bits per heavy atom. The summed E-state index contributed by atoms with van der Waals surface area (Å²) in [5, 5.41) is 0.565. The quantitative estimate of drug-likeness (QED) is 0.741. The first-order valence-electron chi connectivity index (χ1n) is 4.51. The number of halogens is 1. The average Bonchev–Trinajstić information content (AvgIpc) is 2.18. The van der Waals surface area contributed by atoms with Crippen LogP contribution in [0, 0.1) is 0 Å². The van der Waals surface area contributed by atoms with Gasteiger partial charge >= 0.3 is 5.97 Å². The van der Waals surface area contributed by atoms with Crippen LogP contribution in [0.15, 0.2) is 24.3 Å². The number of esters is 1. The molecule has 0 aromatic heterocycles. The standard InChI is InChI=1S/C11H11ClO3/c1-8(13)6-7-15-11(14)9-2-4-10(12)5-3-9/h2-5H,6-7H2,1H3. The van der Waals surface area contributed by atoms with E-state index >= 15 is 0 Å². The fraction of sp³-hybridized carbons (Fsp3) is 0.273. The Balaban J connectivity index is 2.47. The van der Waals surface area contributed by atoms with Crippen LogP contribution in [-0.2, 0) is 9.53 Å². The summed E-state index contributed by atoms with van der Waals surface area (Å²) in [6.07, 6.45) is 0.249. The Kier molecular flexibility index (Phi) is 4.31. The highest BCUT2D eigenvalue weighted by Gasteiger charge is 2.06. The molecule has 1 aromatic carbocycles. The van der Waals surface area contributed by atoms with E-state index in [0.717, 1.165) is 0 Å². The topological polar surface area (TPSA) is 43.4 Å². The van der Waals surface area contributed by atoms with Gasteiger partial charge < -0.3 is 4.74 Å². The second-order valence-corrected chi connectivity index (χ2v) is 3.53. The summed E-state index contributed by atoms with van der Waals surface area (Å²) in [4.78, 5) is 22.0. The van der Waals surface area contributed by atoms with Gasteiger partial charge in [0.15, 0.2) is 0 Å². The minimum absolute atomic E-state index is 0.00101. The van der Waals surface area contributed by atoms with Gasteiger partial charge in [0.05, 0.1) is 12.2 Å². The number of ketones is 1. The molecule has 0 saturated heterocycles. The molecule has 0 aliphatic carbocycles. The molecule has 0 radical (unpaired) electrons. The zero-order chi connectivity index (χ0) is 11.3. The van der Waals surface area contributed by atoms with Crippen molar-refractivity contribution in [2.45, 2.75) is 13.3 Å². The normalized spacial score (nSPS) is 9.73. The Hall–Kier alpha value is -1.35. The lowest BCUT2D eigenvalue weighted by Crippen LogP contribution is -2.08. The molecular weight excluding hydrogens is 216 g/mol. The number of hydrogen-bond donors (Lipinski definition) is 0. The molecule has 0 aliphatic heterocycles. The average molecular weight is 227 g/mol. The third-order valence-corrected chi connectivity index (χ3v) is 2.02. The van der Waals surface area contributed by atoms with Gasteiger partial charge in [-0.1, -0.05) is 11.6 Å². The molecule has 0 amide bonds. The number of carbonyl (C=O) groups excluding carboxylic acids is 2. The molecule has 4 heteroatoms. The maximum atomic E-state index is 11.4. The van der Waals surface area contributed by atoms with E-state index in [2.05, 4.69) is 0 Å². The Morgan fingerprint density at radius 3 is 2.40 bits per heavy atom. The fourth-order valence-corrected chi connectivity index (χ4v) is 1.08. The molecule has 1 rings (SSSR count). The fourth-order valence-electron chi connectivity index (χ4n) is 0.957. The zero-order valence-electron chi connectivity index (χ0n) is 8.33. The van der Waals surface area contributed by atoms with Crippen LogP contribution in [-0.4, -0.2) is 18.4 Å². The molecule has 0 heterocycles. The number of Topliss-reactive ketones (excluding diaryl/α,β-unsaturated/α-hetero) is 1. The molecule has 1 aromatic rings. The van der Waals surface area contributed by atoms with Crippen molar-refractivity contribution in [1.29, 1.82) is 0 Å². The largest absolute Gasteiger partial charge is 0.462 e. The monoisotopic (exact) mass is 226 g/mol. The molecule has 0 fully saturated rings.